The highest BCUT2D eigenvalue weighted by molar-refractivity contribution is 5.37. The normalized spacial score (nSPS) is 26.2. The Morgan fingerprint density at radius 3 is 1.73 bits per heavy atom. The van der Waals surface area contributed by atoms with Gasteiger partial charge in [0.05, 0.1) is 0 Å². The summed E-state index contributed by atoms with van der Waals surface area (Å²) in [6.07, 6.45) is 20.7. The summed E-state index contributed by atoms with van der Waals surface area (Å²) in [6, 6.07) is 4.14. The minimum absolute atomic E-state index is 0.566. The maximum absolute atomic E-state index is 4.55. The minimum Gasteiger partial charge on any atom is -0.246 e. The van der Waals surface area contributed by atoms with Gasteiger partial charge in [0.1, 0.15) is 5.69 Å². The molecule has 2 aliphatic rings. The molecule has 1 aromatic rings. The topological polar surface area (TPSA) is 12.9 Å². The molecule has 2 saturated carbocycles. The summed E-state index contributed by atoms with van der Waals surface area (Å²) in [6.45, 7) is 4.59. The molecule has 0 spiro atoms. The average Bonchev–Trinajstić information content (AvgIpc) is 2.80. The lowest BCUT2D eigenvalue weighted by atomic mass is 9.80. The van der Waals surface area contributed by atoms with Crippen LogP contribution >= 0.6 is 0 Å². The Labute approximate surface area is 185 Å². The van der Waals surface area contributed by atoms with Crippen molar-refractivity contribution in [3.63, 3.8) is 0 Å². The van der Waals surface area contributed by atoms with Gasteiger partial charge in [0.15, 0.2) is 0 Å². The van der Waals surface area contributed by atoms with Gasteiger partial charge in [0, 0.05) is 23.6 Å². The fourth-order valence-electron chi connectivity index (χ4n) is 5.08. The second-order valence-corrected chi connectivity index (χ2v) is 9.69. The Morgan fingerprint density at radius 1 is 0.733 bits per heavy atom. The molecule has 0 N–H and O–H groups in total. The molecular weight excluding hydrogens is 362 g/mol. The van der Waals surface area contributed by atoms with E-state index in [4.69, 9.17) is 0 Å². The molecule has 0 saturated heterocycles. The molecule has 0 amide bonds. The molecule has 3 rings (SSSR count). The third kappa shape index (κ3) is 7.84. The van der Waals surface area contributed by atoms with Crippen molar-refractivity contribution in [1.29, 1.82) is 0 Å². The molecule has 0 bridgehead atoms. The molecular formula is C29H41N. The van der Waals surface area contributed by atoms with Gasteiger partial charge in [-0.3, -0.25) is 0 Å². The molecule has 0 unspecified atom stereocenters. The van der Waals surface area contributed by atoms with Gasteiger partial charge in [0.2, 0.25) is 0 Å². The number of pyridine rings is 1. The minimum atomic E-state index is 0.566. The first-order valence-electron chi connectivity index (χ1n) is 12.8. The van der Waals surface area contributed by atoms with Gasteiger partial charge in [-0.2, -0.15) is 0 Å². The molecule has 2 fully saturated rings. The van der Waals surface area contributed by atoms with Gasteiger partial charge in [-0.1, -0.05) is 70.1 Å². The van der Waals surface area contributed by atoms with Crippen LogP contribution in [0.3, 0.4) is 0 Å². The van der Waals surface area contributed by atoms with Crippen molar-refractivity contribution in [3.05, 3.63) is 29.6 Å². The second-order valence-electron chi connectivity index (χ2n) is 9.69. The van der Waals surface area contributed by atoms with E-state index in [0.717, 1.165) is 23.1 Å². The number of hydrogen-bond donors (Lipinski definition) is 0. The van der Waals surface area contributed by atoms with Gasteiger partial charge < -0.3 is 0 Å². The van der Waals surface area contributed by atoms with E-state index in [9.17, 15) is 0 Å². The molecule has 0 aromatic carbocycles. The van der Waals surface area contributed by atoms with Gasteiger partial charge in [-0.25, -0.2) is 4.98 Å². The number of unbranched alkanes of at least 4 members (excludes halogenated alkanes) is 2. The molecule has 1 heteroatoms. The summed E-state index contributed by atoms with van der Waals surface area (Å²) < 4.78 is 0. The van der Waals surface area contributed by atoms with E-state index in [0.29, 0.717) is 11.8 Å². The average molecular weight is 404 g/mol. The van der Waals surface area contributed by atoms with Crippen LogP contribution in [0.25, 0.3) is 0 Å². The van der Waals surface area contributed by atoms with Crippen LogP contribution in [0.4, 0.5) is 0 Å². The van der Waals surface area contributed by atoms with E-state index in [2.05, 4.69) is 48.6 Å². The lowest BCUT2D eigenvalue weighted by molar-refractivity contribution is 0.296. The van der Waals surface area contributed by atoms with Crippen molar-refractivity contribution in [1.82, 2.24) is 4.98 Å². The third-order valence-electron chi connectivity index (χ3n) is 7.21. The van der Waals surface area contributed by atoms with E-state index in [-0.39, 0.29) is 0 Å². The zero-order valence-electron chi connectivity index (χ0n) is 19.4. The quantitative estimate of drug-likeness (QED) is 0.442. The molecule has 1 heterocycles. The van der Waals surface area contributed by atoms with Crippen molar-refractivity contribution >= 4 is 0 Å². The first-order valence-corrected chi connectivity index (χ1v) is 12.8. The molecule has 162 valence electrons. The van der Waals surface area contributed by atoms with Gasteiger partial charge in [-0.05, 0) is 81.3 Å². The Kier molecular flexibility index (Phi) is 9.83. The monoisotopic (exact) mass is 403 g/mol. The summed E-state index contributed by atoms with van der Waals surface area (Å²) >= 11 is 0. The molecule has 0 atom stereocenters. The van der Waals surface area contributed by atoms with E-state index in [1.807, 2.05) is 12.3 Å². The summed E-state index contributed by atoms with van der Waals surface area (Å²) in [5.74, 6) is 16.7. The van der Waals surface area contributed by atoms with E-state index < -0.39 is 0 Å². The van der Waals surface area contributed by atoms with Crippen LogP contribution in [-0.4, -0.2) is 4.98 Å². The summed E-state index contributed by atoms with van der Waals surface area (Å²) in [5, 5.41) is 0. The van der Waals surface area contributed by atoms with Crippen LogP contribution in [0, 0.1) is 47.4 Å². The SMILES string of the molecule is CCCC[C@H]1CC[C@H](C#Cc2ccc(C#C[C@H]3CC[C@H](CCCC)CC3)nc2)CC1. The van der Waals surface area contributed by atoms with E-state index in [1.54, 1.807) is 0 Å². The first-order chi connectivity index (χ1) is 14.8. The molecule has 0 aliphatic heterocycles. The molecule has 2 aliphatic carbocycles. The first kappa shape index (κ1) is 22.9. The van der Waals surface area contributed by atoms with Crippen molar-refractivity contribution in [2.75, 3.05) is 0 Å². The predicted octanol–water partition coefficient (Wildman–Crippen LogP) is 7.78. The summed E-state index contributed by atoms with van der Waals surface area (Å²) in [4.78, 5) is 4.55. The van der Waals surface area contributed by atoms with Gasteiger partial charge in [-0.15, -0.1) is 0 Å². The van der Waals surface area contributed by atoms with Crippen LogP contribution in [0.2, 0.25) is 0 Å². The maximum Gasteiger partial charge on any atom is 0.113 e. The Morgan fingerprint density at radius 2 is 1.27 bits per heavy atom. The van der Waals surface area contributed by atoms with E-state index in [1.165, 1.54) is 89.9 Å². The largest absolute Gasteiger partial charge is 0.246 e. The fraction of sp³-hybridized carbons (Fsp3) is 0.690. The predicted molar refractivity (Wildman–Crippen MR) is 128 cm³/mol. The lowest BCUT2D eigenvalue weighted by Gasteiger charge is -2.25. The second kappa shape index (κ2) is 12.8. The highest BCUT2D eigenvalue weighted by Gasteiger charge is 2.20. The van der Waals surface area contributed by atoms with Crippen molar-refractivity contribution in [2.45, 2.75) is 104 Å². The summed E-state index contributed by atoms with van der Waals surface area (Å²) in [7, 11) is 0. The Balaban J connectivity index is 1.42. The van der Waals surface area contributed by atoms with E-state index >= 15 is 0 Å². The van der Waals surface area contributed by atoms with Crippen molar-refractivity contribution < 1.29 is 0 Å². The number of nitrogens with zero attached hydrogens (tertiary/aromatic N) is 1. The molecule has 0 radical (unpaired) electrons. The third-order valence-corrected chi connectivity index (χ3v) is 7.21. The zero-order chi connectivity index (χ0) is 21.0. The maximum atomic E-state index is 4.55. The standard InChI is InChI=1S/C29H41N/c1-3-5-7-24-9-13-26(14-10-24)17-18-28-20-22-29(30-23-28)21-19-27-15-11-25(12-16-27)8-6-4-2/h20,22-27H,3-16H2,1-2H3/t24-,25-,26-,27-. The molecule has 30 heavy (non-hydrogen) atoms. The zero-order valence-corrected chi connectivity index (χ0v) is 19.4. The van der Waals surface area contributed by atoms with Crippen LogP contribution in [0.1, 0.15) is 115 Å². The van der Waals surface area contributed by atoms with Crippen LogP contribution < -0.4 is 0 Å². The Bertz CT molecular complexity index is 658. The van der Waals surface area contributed by atoms with Crippen molar-refractivity contribution in [2.24, 2.45) is 23.7 Å². The van der Waals surface area contributed by atoms with Gasteiger partial charge in [0.25, 0.3) is 0 Å². The Hall–Kier alpha value is -1.73. The highest BCUT2D eigenvalue weighted by Crippen LogP contribution is 2.32. The van der Waals surface area contributed by atoms with Crippen LogP contribution in [-0.2, 0) is 0 Å². The highest BCUT2D eigenvalue weighted by atomic mass is 14.7. The van der Waals surface area contributed by atoms with Crippen LogP contribution in [0.5, 0.6) is 0 Å². The van der Waals surface area contributed by atoms with Crippen LogP contribution in [0.15, 0.2) is 18.3 Å². The lowest BCUT2D eigenvalue weighted by Crippen LogP contribution is -2.13. The number of aromatic nitrogens is 1. The summed E-state index contributed by atoms with van der Waals surface area (Å²) in [5.41, 5.74) is 1.93. The number of hydrogen-bond acceptors (Lipinski definition) is 1. The molecule has 1 aromatic heterocycles. The van der Waals surface area contributed by atoms with Gasteiger partial charge >= 0.3 is 0 Å². The molecule has 1 nitrogen and oxygen atoms in total. The smallest absolute Gasteiger partial charge is 0.113 e. The van der Waals surface area contributed by atoms with Crippen molar-refractivity contribution in [3.8, 4) is 23.7 Å². The number of rotatable bonds is 6. The fourth-order valence-corrected chi connectivity index (χ4v) is 5.08.